The Morgan fingerprint density at radius 2 is 2.00 bits per heavy atom. The summed E-state index contributed by atoms with van der Waals surface area (Å²) < 4.78 is 13.0. The lowest BCUT2D eigenvalue weighted by Gasteiger charge is -2.19. The third-order valence-electron chi connectivity index (χ3n) is 2.74. The molecule has 6 nitrogen and oxygen atoms in total. The molecule has 2 atom stereocenters. The van der Waals surface area contributed by atoms with Crippen molar-refractivity contribution in [3.63, 3.8) is 0 Å². The number of rotatable bonds is 6. The predicted octanol–water partition coefficient (Wildman–Crippen LogP) is 0.444. The molecule has 1 rings (SSSR count). The summed E-state index contributed by atoms with van der Waals surface area (Å²) in [7, 11) is 0. The molecule has 0 saturated heterocycles. The van der Waals surface area contributed by atoms with E-state index in [1.54, 1.807) is 0 Å². The lowest BCUT2D eigenvalue weighted by Crippen LogP contribution is -2.28. The maximum atomic E-state index is 13.0. The molecule has 0 saturated carbocycles. The van der Waals surface area contributed by atoms with Crippen molar-refractivity contribution >= 4 is 11.9 Å². The van der Waals surface area contributed by atoms with E-state index in [4.69, 9.17) is 5.11 Å². The van der Waals surface area contributed by atoms with E-state index in [0.29, 0.717) is 0 Å². The molecule has 4 N–H and O–H groups in total. The monoisotopic (exact) mass is 285 g/mol. The quantitative estimate of drug-likeness (QED) is 0.607. The summed E-state index contributed by atoms with van der Waals surface area (Å²) in [5.74, 6) is -2.42. The van der Waals surface area contributed by atoms with Crippen LogP contribution in [0, 0.1) is 5.82 Å². The summed E-state index contributed by atoms with van der Waals surface area (Å²) in [5.41, 5.74) is -0.481. The van der Waals surface area contributed by atoms with Gasteiger partial charge in [-0.1, -0.05) is 6.07 Å². The summed E-state index contributed by atoms with van der Waals surface area (Å²) >= 11 is 0. The SMILES string of the molecule is CC(=O)NCCC(O)C(O)c1ccc(F)cc1C(=O)O. The normalized spacial score (nSPS) is 13.6. The van der Waals surface area contributed by atoms with Gasteiger partial charge in [0.1, 0.15) is 11.9 Å². The van der Waals surface area contributed by atoms with Crippen molar-refractivity contribution in [3.8, 4) is 0 Å². The second kappa shape index (κ2) is 6.97. The average molecular weight is 285 g/mol. The summed E-state index contributed by atoms with van der Waals surface area (Å²) in [6.07, 6.45) is -2.71. The number of carbonyl (C=O) groups excluding carboxylic acids is 1. The zero-order valence-electron chi connectivity index (χ0n) is 10.8. The van der Waals surface area contributed by atoms with Crippen LogP contribution in [0.15, 0.2) is 18.2 Å². The Hall–Kier alpha value is -1.99. The standard InChI is InChI=1S/C13H16FNO5/c1-7(16)15-5-4-11(17)12(18)9-3-2-8(14)6-10(9)13(19)20/h2-3,6,11-12,17-18H,4-5H2,1H3,(H,15,16)(H,19,20). The van der Waals surface area contributed by atoms with Gasteiger partial charge in [0.05, 0.1) is 11.7 Å². The smallest absolute Gasteiger partial charge is 0.336 e. The molecule has 0 aliphatic heterocycles. The number of amides is 1. The lowest BCUT2D eigenvalue weighted by molar-refractivity contribution is -0.119. The Morgan fingerprint density at radius 1 is 1.35 bits per heavy atom. The molecule has 0 fully saturated rings. The van der Waals surface area contributed by atoms with E-state index >= 15 is 0 Å². The average Bonchev–Trinajstić information content (AvgIpc) is 2.37. The molecule has 7 heteroatoms. The van der Waals surface area contributed by atoms with Crippen LogP contribution in [0.5, 0.6) is 0 Å². The number of benzene rings is 1. The molecular weight excluding hydrogens is 269 g/mol. The largest absolute Gasteiger partial charge is 0.478 e. The van der Waals surface area contributed by atoms with Gasteiger partial charge in [0.15, 0.2) is 0 Å². The number of carboxylic acids is 1. The first-order valence-corrected chi connectivity index (χ1v) is 5.96. The van der Waals surface area contributed by atoms with Gasteiger partial charge in [0.25, 0.3) is 0 Å². The molecule has 110 valence electrons. The van der Waals surface area contributed by atoms with Gasteiger partial charge in [0, 0.05) is 13.5 Å². The van der Waals surface area contributed by atoms with Gasteiger partial charge in [-0.3, -0.25) is 4.79 Å². The van der Waals surface area contributed by atoms with Crippen molar-refractivity contribution in [2.24, 2.45) is 0 Å². The van der Waals surface area contributed by atoms with Crippen LogP contribution in [0.25, 0.3) is 0 Å². The summed E-state index contributed by atoms with van der Waals surface area (Å²) in [6.45, 7) is 1.45. The van der Waals surface area contributed by atoms with Crippen LogP contribution in [0.2, 0.25) is 0 Å². The Labute approximate surface area is 114 Å². The Morgan fingerprint density at radius 3 is 2.55 bits per heavy atom. The Bertz CT molecular complexity index is 506. The van der Waals surface area contributed by atoms with Crippen LogP contribution in [-0.2, 0) is 4.79 Å². The third-order valence-corrected chi connectivity index (χ3v) is 2.74. The first-order valence-electron chi connectivity index (χ1n) is 5.96. The third kappa shape index (κ3) is 4.29. The van der Waals surface area contributed by atoms with Crippen LogP contribution < -0.4 is 5.32 Å². The number of hydrogen-bond donors (Lipinski definition) is 4. The van der Waals surface area contributed by atoms with Gasteiger partial charge in [-0.05, 0) is 24.1 Å². The van der Waals surface area contributed by atoms with E-state index in [-0.39, 0.29) is 24.4 Å². The molecule has 1 amide bonds. The zero-order valence-corrected chi connectivity index (χ0v) is 10.8. The Kier molecular flexibility index (Phi) is 5.60. The molecule has 0 bridgehead atoms. The molecule has 0 aromatic heterocycles. The summed E-state index contributed by atoms with van der Waals surface area (Å²) in [4.78, 5) is 21.7. The number of carboxylic acid groups (broad SMARTS) is 1. The topological polar surface area (TPSA) is 107 Å². The van der Waals surface area contributed by atoms with Crippen LogP contribution in [0.4, 0.5) is 4.39 Å². The van der Waals surface area contributed by atoms with E-state index < -0.39 is 29.6 Å². The molecule has 0 radical (unpaired) electrons. The zero-order chi connectivity index (χ0) is 15.3. The highest BCUT2D eigenvalue weighted by Crippen LogP contribution is 2.23. The fourth-order valence-corrected chi connectivity index (χ4v) is 1.73. The molecule has 1 aromatic carbocycles. The molecule has 0 aliphatic carbocycles. The number of hydrogen-bond acceptors (Lipinski definition) is 4. The fourth-order valence-electron chi connectivity index (χ4n) is 1.73. The van der Waals surface area contributed by atoms with Gasteiger partial charge < -0.3 is 20.6 Å². The summed E-state index contributed by atoms with van der Waals surface area (Å²) in [5, 5.41) is 31.1. The minimum atomic E-state index is -1.48. The molecule has 0 spiro atoms. The van der Waals surface area contributed by atoms with Gasteiger partial charge >= 0.3 is 5.97 Å². The van der Waals surface area contributed by atoms with Crippen LogP contribution in [0.1, 0.15) is 35.4 Å². The van der Waals surface area contributed by atoms with E-state index in [2.05, 4.69) is 5.32 Å². The van der Waals surface area contributed by atoms with Gasteiger partial charge in [-0.25, -0.2) is 9.18 Å². The van der Waals surface area contributed by atoms with Crippen molar-refractivity contribution < 1.29 is 29.3 Å². The lowest BCUT2D eigenvalue weighted by atomic mass is 9.97. The first-order chi connectivity index (χ1) is 9.32. The minimum absolute atomic E-state index is 0.0389. The van der Waals surface area contributed by atoms with E-state index in [1.165, 1.54) is 6.92 Å². The van der Waals surface area contributed by atoms with Gasteiger partial charge in [0.2, 0.25) is 5.91 Å². The first kappa shape index (κ1) is 16.1. The van der Waals surface area contributed by atoms with Gasteiger partial charge in [-0.2, -0.15) is 0 Å². The van der Waals surface area contributed by atoms with Crippen molar-refractivity contribution in [3.05, 3.63) is 35.1 Å². The van der Waals surface area contributed by atoms with Crippen LogP contribution in [0.3, 0.4) is 0 Å². The number of aliphatic hydroxyl groups excluding tert-OH is 2. The maximum absolute atomic E-state index is 13.0. The second-order valence-corrected chi connectivity index (χ2v) is 4.32. The van der Waals surface area contributed by atoms with E-state index in [9.17, 15) is 24.2 Å². The number of aliphatic hydroxyl groups is 2. The molecule has 20 heavy (non-hydrogen) atoms. The van der Waals surface area contributed by atoms with Crippen molar-refractivity contribution in [2.75, 3.05) is 6.54 Å². The van der Waals surface area contributed by atoms with E-state index in [0.717, 1.165) is 18.2 Å². The molecule has 0 heterocycles. The number of carbonyl (C=O) groups is 2. The van der Waals surface area contributed by atoms with Crippen LogP contribution in [-0.4, -0.2) is 39.8 Å². The number of nitrogens with one attached hydrogen (secondary N) is 1. The Balaban J connectivity index is 2.83. The number of aromatic carboxylic acids is 1. The second-order valence-electron chi connectivity index (χ2n) is 4.32. The van der Waals surface area contributed by atoms with Crippen molar-refractivity contribution in [2.45, 2.75) is 25.6 Å². The molecule has 0 aliphatic rings. The predicted molar refractivity (Wildman–Crippen MR) is 67.6 cm³/mol. The van der Waals surface area contributed by atoms with Crippen molar-refractivity contribution in [1.82, 2.24) is 5.32 Å². The van der Waals surface area contributed by atoms with Crippen LogP contribution >= 0.6 is 0 Å². The molecular formula is C13H16FNO5. The minimum Gasteiger partial charge on any atom is -0.478 e. The van der Waals surface area contributed by atoms with E-state index in [1.807, 2.05) is 0 Å². The summed E-state index contributed by atoms with van der Waals surface area (Å²) in [6, 6.07) is 2.90. The number of halogens is 1. The molecule has 1 aromatic rings. The maximum Gasteiger partial charge on any atom is 0.336 e. The molecule has 2 unspecified atom stereocenters. The fraction of sp³-hybridized carbons (Fsp3) is 0.385. The van der Waals surface area contributed by atoms with Gasteiger partial charge in [-0.15, -0.1) is 0 Å². The van der Waals surface area contributed by atoms with Crippen molar-refractivity contribution in [1.29, 1.82) is 0 Å². The highest BCUT2D eigenvalue weighted by molar-refractivity contribution is 5.89. The highest BCUT2D eigenvalue weighted by Gasteiger charge is 2.23. The highest BCUT2D eigenvalue weighted by atomic mass is 19.1.